The molecule has 0 bridgehead atoms. The Bertz CT molecular complexity index is 284. The van der Waals surface area contributed by atoms with Gasteiger partial charge >= 0.3 is 0 Å². The van der Waals surface area contributed by atoms with E-state index in [1.807, 2.05) is 13.8 Å². The number of nitriles is 1. The zero-order chi connectivity index (χ0) is 12.3. The van der Waals surface area contributed by atoms with Crippen molar-refractivity contribution in [2.45, 2.75) is 38.3 Å². The summed E-state index contributed by atoms with van der Waals surface area (Å²) in [5.41, 5.74) is -0.324. The minimum atomic E-state index is -0.324. The van der Waals surface area contributed by atoms with Crippen LogP contribution in [0.1, 0.15) is 26.7 Å². The van der Waals surface area contributed by atoms with E-state index in [1.165, 1.54) is 12.8 Å². The van der Waals surface area contributed by atoms with E-state index in [0.717, 1.165) is 39.4 Å². The third-order valence-electron chi connectivity index (χ3n) is 4.03. The van der Waals surface area contributed by atoms with Crippen LogP contribution < -0.4 is 0 Å². The molecule has 2 fully saturated rings. The Hall–Kier alpha value is -0.630. The molecule has 2 rings (SSSR count). The Labute approximate surface area is 104 Å². The molecule has 0 aromatic carbocycles. The van der Waals surface area contributed by atoms with Crippen LogP contribution in [0.25, 0.3) is 0 Å². The van der Waals surface area contributed by atoms with E-state index in [9.17, 15) is 0 Å². The molecular formula is C13H23N3O. The smallest absolute Gasteiger partial charge is 0.103 e. The summed E-state index contributed by atoms with van der Waals surface area (Å²) in [5, 5.41) is 9.14. The summed E-state index contributed by atoms with van der Waals surface area (Å²) in [4.78, 5) is 4.82. The standard InChI is InChI=1S/C13H23N3O/c1-13(2,11-14)16-7-5-15(6-8-16)12-4-3-9-17-10-12/h12H,3-10H2,1-2H3. The lowest BCUT2D eigenvalue weighted by Crippen LogP contribution is -2.57. The molecule has 0 saturated carbocycles. The number of nitrogens with zero attached hydrogens (tertiary/aromatic N) is 3. The second kappa shape index (κ2) is 5.34. The first-order chi connectivity index (χ1) is 8.13. The van der Waals surface area contributed by atoms with Crippen LogP contribution >= 0.6 is 0 Å². The van der Waals surface area contributed by atoms with Crippen LogP contribution in [0, 0.1) is 11.3 Å². The van der Waals surface area contributed by atoms with Crippen LogP contribution in [0.4, 0.5) is 0 Å². The normalized spacial score (nSPS) is 28.9. The van der Waals surface area contributed by atoms with Gasteiger partial charge in [0.25, 0.3) is 0 Å². The van der Waals surface area contributed by atoms with E-state index in [2.05, 4.69) is 15.9 Å². The molecule has 4 heteroatoms. The van der Waals surface area contributed by atoms with Crippen molar-refractivity contribution in [3.63, 3.8) is 0 Å². The van der Waals surface area contributed by atoms with E-state index in [4.69, 9.17) is 10.00 Å². The molecule has 4 nitrogen and oxygen atoms in total. The zero-order valence-corrected chi connectivity index (χ0v) is 11.0. The van der Waals surface area contributed by atoms with Gasteiger partial charge in [0.05, 0.1) is 12.7 Å². The zero-order valence-electron chi connectivity index (χ0n) is 11.0. The fourth-order valence-electron chi connectivity index (χ4n) is 2.73. The summed E-state index contributed by atoms with van der Waals surface area (Å²) in [7, 11) is 0. The largest absolute Gasteiger partial charge is 0.380 e. The van der Waals surface area contributed by atoms with Gasteiger partial charge in [-0.3, -0.25) is 9.80 Å². The van der Waals surface area contributed by atoms with Crippen molar-refractivity contribution in [3.05, 3.63) is 0 Å². The SMILES string of the molecule is CC(C)(C#N)N1CCN(C2CCCOC2)CC1. The van der Waals surface area contributed by atoms with Crippen molar-refractivity contribution in [2.24, 2.45) is 0 Å². The van der Waals surface area contributed by atoms with E-state index < -0.39 is 0 Å². The number of hydrogen-bond acceptors (Lipinski definition) is 4. The number of piperazine rings is 1. The highest BCUT2D eigenvalue weighted by molar-refractivity contribution is 5.03. The van der Waals surface area contributed by atoms with Crippen LogP contribution in [0.3, 0.4) is 0 Å². The van der Waals surface area contributed by atoms with Gasteiger partial charge in [0.15, 0.2) is 0 Å². The maximum Gasteiger partial charge on any atom is 0.103 e. The second-order valence-electron chi connectivity index (χ2n) is 5.56. The van der Waals surface area contributed by atoms with Gasteiger partial charge in [-0.1, -0.05) is 0 Å². The number of hydrogen-bond donors (Lipinski definition) is 0. The molecule has 2 saturated heterocycles. The molecule has 1 atom stereocenters. The van der Waals surface area contributed by atoms with Crippen molar-refractivity contribution in [1.82, 2.24) is 9.80 Å². The van der Waals surface area contributed by atoms with Crippen LogP contribution in [0.15, 0.2) is 0 Å². The van der Waals surface area contributed by atoms with Gasteiger partial charge in [-0.05, 0) is 26.7 Å². The molecule has 0 aromatic heterocycles. The second-order valence-corrected chi connectivity index (χ2v) is 5.56. The molecule has 2 aliphatic rings. The predicted molar refractivity (Wildman–Crippen MR) is 66.7 cm³/mol. The Kier molecular flexibility index (Phi) is 4.03. The summed E-state index contributed by atoms with van der Waals surface area (Å²) in [6.45, 7) is 9.96. The van der Waals surface area contributed by atoms with Crippen LogP contribution in [-0.2, 0) is 4.74 Å². The van der Waals surface area contributed by atoms with Gasteiger partial charge in [-0.25, -0.2) is 0 Å². The molecule has 0 aliphatic carbocycles. The van der Waals surface area contributed by atoms with Gasteiger partial charge in [0.1, 0.15) is 5.54 Å². The Morgan fingerprint density at radius 3 is 2.47 bits per heavy atom. The summed E-state index contributed by atoms with van der Waals surface area (Å²) in [6, 6.07) is 3.00. The molecule has 1 unspecified atom stereocenters. The molecule has 17 heavy (non-hydrogen) atoms. The quantitative estimate of drug-likeness (QED) is 0.720. The lowest BCUT2D eigenvalue weighted by Gasteiger charge is -2.44. The average molecular weight is 237 g/mol. The third kappa shape index (κ3) is 2.98. The number of ether oxygens (including phenoxy) is 1. The molecule has 0 aromatic rings. The molecular weight excluding hydrogens is 214 g/mol. The Morgan fingerprint density at radius 1 is 1.24 bits per heavy atom. The van der Waals surface area contributed by atoms with Gasteiger partial charge in [0.2, 0.25) is 0 Å². The highest BCUT2D eigenvalue weighted by atomic mass is 16.5. The molecule has 0 amide bonds. The Balaban J connectivity index is 1.83. The first-order valence-corrected chi connectivity index (χ1v) is 6.61. The minimum absolute atomic E-state index is 0.324. The van der Waals surface area contributed by atoms with E-state index >= 15 is 0 Å². The van der Waals surface area contributed by atoms with E-state index in [-0.39, 0.29) is 5.54 Å². The van der Waals surface area contributed by atoms with Gasteiger partial charge in [0, 0.05) is 38.8 Å². The first-order valence-electron chi connectivity index (χ1n) is 6.61. The summed E-state index contributed by atoms with van der Waals surface area (Å²) < 4.78 is 5.54. The van der Waals surface area contributed by atoms with Crippen LogP contribution in [0.2, 0.25) is 0 Å². The fourth-order valence-corrected chi connectivity index (χ4v) is 2.73. The molecule has 96 valence electrons. The van der Waals surface area contributed by atoms with Crippen molar-refractivity contribution in [1.29, 1.82) is 5.26 Å². The maximum absolute atomic E-state index is 9.14. The highest BCUT2D eigenvalue weighted by Crippen LogP contribution is 2.19. The van der Waals surface area contributed by atoms with Crippen molar-refractivity contribution in [2.75, 3.05) is 39.4 Å². The first kappa shape index (κ1) is 12.8. The van der Waals surface area contributed by atoms with Gasteiger partial charge < -0.3 is 4.74 Å². The molecule has 2 heterocycles. The van der Waals surface area contributed by atoms with Crippen LogP contribution in [-0.4, -0.2) is 60.8 Å². The number of rotatable bonds is 2. The lowest BCUT2D eigenvalue weighted by molar-refractivity contribution is -0.0116. The summed E-state index contributed by atoms with van der Waals surface area (Å²) in [6.07, 6.45) is 2.45. The summed E-state index contributed by atoms with van der Waals surface area (Å²) in [5.74, 6) is 0. The molecule has 0 N–H and O–H groups in total. The van der Waals surface area contributed by atoms with E-state index in [1.54, 1.807) is 0 Å². The summed E-state index contributed by atoms with van der Waals surface area (Å²) >= 11 is 0. The fraction of sp³-hybridized carbons (Fsp3) is 0.923. The third-order valence-corrected chi connectivity index (χ3v) is 4.03. The predicted octanol–water partition coefficient (Wildman–Crippen LogP) is 1.09. The van der Waals surface area contributed by atoms with Gasteiger partial charge in [-0.15, -0.1) is 0 Å². The molecule has 0 radical (unpaired) electrons. The van der Waals surface area contributed by atoms with Gasteiger partial charge in [-0.2, -0.15) is 5.26 Å². The van der Waals surface area contributed by atoms with Crippen molar-refractivity contribution >= 4 is 0 Å². The molecule has 2 aliphatic heterocycles. The maximum atomic E-state index is 9.14. The van der Waals surface area contributed by atoms with E-state index in [0.29, 0.717) is 6.04 Å². The monoisotopic (exact) mass is 237 g/mol. The average Bonchev–Trinajstić information content (AvgIpc) is 2.40. The topological polar surface area (TPSA) is 39.5 Å². The lowest BCUT2D eigenvalue weighted by atomic mass is 10.0. The Morgan fingerprint density at radius 2 is 1.94 bits per heavy atom. The van der Waals surface area contributed by atoms with Crippen molar-refractivity contribution < 1.29 is 4.74 Å². The molecule has 0 spiro atoms. The highest BCUT2D eigenvalue weighted by Gasteiger charge is 2.32. The minimum Gasteiger partial charge on any atom is -0.380 e. The van der Waals surface area contributed by atoms with Crippen molar-refractivity contribution in [3.8, 4) is 6.07 Å². The van der Waals surface area contributed by atoms with Crippen LogP contribution in [0.5, 0.6) is 0 Å².